The van der Waals surface area contributed by atoms with Crippen LogP contribution in [0.3, 0.4) is 0 Å². The molecule has 2 amide bonds. The van der Waals surface area contributed by atoms with Crippen molar-refractivity contribution in [1.82, 2.24) is 19.4 Å². The molecule has 0 unspecified atom stereocenters. The minimum atomic E-state index is -4.11. The van der Waals surface area contributed by atoms with Crippen molar-refractivity contribution in [2.45, 2.75) is 76.4 Å². The first-order chi connectivity index (χ1) is 15.2. The lowest BCUT2D eigenvalue weighted by atomic mass is 9.99. The molecule has 0 bridgehead atoms. The zero-order valence-corrected chi connectivity index (χ0v) is 19.8. The van der Waals surface area contributed by atoms with Crippen molar-refractivity contribution in [1.29, 1.82) is 0 Å². The average molecular weight is 458 g/mol. The Hall–Kier alpha value is -2.39. The summed E-state index contributed by atoms with van der Waals surface area (Å²) < 4.78 is 30.5. The predicted octanol–water partition coefficient (Wildman–Crippen LogP) is 2.94. The molecule has 0 saturated heterocycles. The first kappa shape index (κ1) is 21.5. The number of likely N-dealkylation sites (N-methyl/N-ethyl adjacent to an activating group) is 1. The fourth-order valence-electron chi connectivity index (χ4n) is 5.47. The second-order valence-corrected chi connectivity index (χ2v) is 11.1. The van der Waals surface area contributed by atoms with Gasteiger partial charge in [0.1, 0.15) is 0 Å². The third kappa shape index (κ3) is 3.61. The number of carbonyl (C=O) groups is 1. The molecule has 0 fully saturated rings. The highest BCUT2D eigenvalue weighted by atomic mass is 32.2. The van der Waals surface area contributed by atoms with Crippen LogP contribution in [0.5, 0.6) is 0 Å². The Morgan fingerprint density at radius 2 is 1.69 bits per heavy atom. The summed E-state index contributed by atoms with van der Waals surface area (Å²) in [6.45, 7) is 5.32. The monoisotopic (exact) mass is 457 g/mol. The molecule has 2 aliphatic carbocycles. The maximum absolute atomic E-state index is 13.2. The number of hydrogen-bond donors (Lipinski definition) is 2. The number of nitrogens with one attached hydrogen (secondary N) is 2. The van der Waals surface area contributed by atoms with E-state index in [1.165, 1.54) is 22.3 Å². The largest absolute Gasteiger partial charge is 0.333 e. The standard InChI is InChI=1S/C23H31N5O3S/c1-14(2)28-20-10-11-27(3)13-19(20)22(25-28)32(30,31)26-23(29)24-21-17-8-4-6-15(17)12-16-7-5-9-18(16)21/h12,14H,4-11,13H2,1-3H3,(H2,24,26,29). The lowest BCUT2D eigenvalue weighted by molar-refractivity contribution is 0.256. The van der Waals surface area contributed by atoms with E-state index < -0.39 is 16.1 Å². The second-order valence-electron chi connectivity index (χ2n) is 9.55. The Bertz CT molecular complexity index is 1170. The van der Waals surface area contributed by atoms with Gasteiger partial charge in [-0.3, -0.25) is 4.68 Å². The van der Waals surface area contributed by atoms with Crippen LogP contribution in [-0.2, 0) is 48.7 Å². The van der Waals surface area contributed by atoms with E-state index in [4.69, 9.17) is 0 Å². The Morgan fingerprint density at radius 3 is 2.31 bits per heavy atom. The first-order valence-electron chi connectivity index (χ1n) is 11.5. The van der Waals surface area contributed by atoms with Crippen molar-refractivity contribution in [2.24, 2.45) is 0 Å². The molecule has 2 heterocycles. The van der Waals surface area contributed by atoms with Gasteiger partial charge in [0.05, 0.1) is 0 Å². The van der Waals surface area contributed by atoms with Crippen molar-refractivity contribution in [3.8, 4) is 0 Å². The second kappa shape index (κ2) is 7.88. The minimum absolute atomic E-state index is 0.0357. The highest BCUT2D eigenvalue weighted by molar-refractivity contribution is 7.90. The number of hydrogen-bond acceptors (Lipinski definition) is 5. The molecule has 9 heteroatoms. The Labute approximate surface area is 189 Å². The van der Waals surface area contributed by atoms with Crippen molar-refractivity contribution in [3.05, 3.63) is 39.6 Å². The Balaban J connectivity index is 1.44. The van der Waals surface area contributed by atoms with Gasteiger partial charge in [-0.05, 0) is 81.7 Å². The van der Waals surface area contributed by atoms with E-state index in [2.05, 4.69) is 26.1 Å². The van der Waals surface area contributed by atoms with Gasteiger partial charge in [0.25, 0.3) is 10.0 Å². The molecule has 0 saturated carbocycles. The van der Waals surface area contributed by atoms with Crippen molar-refractivity contribution >= 4 is 21.7 Å². The summed E-state index contributed by atoms with van der Waals surface area (Å²) in [5.74, 6) is 0. The smallest absolute Gasteiger partial charge is 0.307 e. The molecule has 2 N–H and O–H groups in total. The van der Waals surface area contributed by atoms with Crippen molar-refractivity contribution in [3.63, 3.8) is 0 Å². The Kier molecular flexibility index (Phi) is 5.28. The molecule has 2 aromatic rings. The topological polar surface area (TPSA) is 96.3 Å². The molecule has 1 aromatic carbocycles. The number of fused-ring (bicyclic) bond motifs is 3. The van der Waals surface area contributed by atoms with Gasteiger partial charge in [-0.1, -0.05) is 6.07 Å². The zero-order chi connectivity index (χ0) is 22.6. The number of aryl methyl sites for hydroxylation is 2. The third-order valence-electron chi connectivity index (χ3n) is 6.92. The molecule has 0 atom stereocenters. The van der Waals surface area contributed by atoms with E-state index in [1.54, 1.807) is 4.68 Å². The summed E-state index contributed by atoms with van der Waals surface area (Å²) in [4.78, 5) is 15.0. The fourth-order valence-corrected chi connectivity index (χ4v) is 6.56. The number of nitrogens with zero attached hydrogens (tertiary/aromatic N) is 3. The van der Waals surface area contributed by atoms with Crippen molar-refractivity contribution in [2.75, 3.05) is 18.9 Å². The number of anilines is 1. The van der Waals surface area contributed by atoms with Gasteiger partial charge in [0, 0.05) is 42.5 Å². The lowest BCUT2D eigenvalue weighted by Crippen LogP contribution is -2.36. The number of carbonyl (C=O) groups excluding carboxylic acids is 1. The van der Waals surface area contributed by atoms with Gasteiger partial charge in [0.15, 0.2) is 0 Å². The summed E-state index contributed by atoms with van der Waals surface area (Å²) in [5.41, 5.74) is 7.37. The molecule has 3 aliphatic rings. The van der Waals surface area contributed by atoms with E-state index in [9.17, 15) is 13.2 Å². The molecule has 0 radical (unpaired) electrons. The van der Waals surface area contributed by atoms with Gasteiger partial charge in [-0.2, -0.15) is 13.5 Å². The fraction of sp³-hybridized carbons (Fsp3) is 0.565. The van der Waals surface area contributed by atoms with E-state index in [0.29, 0.717) is 12.1 Å². The number of benzene rings is 1. The van der Waals surface area contributed by atoms with Crippen LogP contribution < -0.4 is 10.0 Å². The van der Waals surface area contributed by atoms with E-state index in [-0.39, 0.29) is 11.1 Å². The van der Waals surface area contributed by atoms with Gasteiger partial charge in [0.2, 0.25) is 5.03 Å². The number of sulfonamides is 1. The molecule has 0 spiro atoms. The predicted molar refractivity (Wildman–Crippen MR) is 122 cm³/mol. The van der Waals surface area contributed by atoms with E-state index >= 15 is 0 Å². The van der Waals surface area contributed by atoms with Crippen LogP contribution in [0.15, 0.2) is 11.1 Å². The zero-order valence-electron chi connectivity index (χ0n) is 19.0. The third-order valence-corrected chi connectivity index (χ3v) is 8.21. The molecule has 8 nitrogen and oxygen atoms in total. The van der Waals surface area contributed by atoms with Crippen LogP contribution in [0.1, 0.15) is 66.2 Å². The molecule has 172 valence electrons. The summed E-state index contributed by atoms with van der Waals surface area (Å²) in [6, 6.07) is 1.61. The van der Waals surface area contributed by atoms with E-state index in [0.717, 1.165) is 62.9 Å². The molecule has 1 aromatic heterocycles. The summed E-state index contributed by atoms with van der Waals surface area (Å²) in [6.07, 6.45) is 6.75. The quantitative estimate of drug-likeness (QED) is 0.736. The summed E-state index contributed by atoms with van der Waals surface area (Å²) in [7, 11) is -2.14. The maximum atomic E-state index is 13.2. The summed E-state index contributed by atoms with van der Waals surface area (Å²) in [5, 5.41) is 7.31. The SMILES string of the molecule is CC(C)n1nc(S(=O)(=O)NC(=O)Nc2c3c(cc4c2CCC4)CCC3)c2c1CCN(C)C2. The number of amides is 2. The lowest BCUT2D eigenvalue weighted by Gasteiger charge is -2.24. The van der Waals surface area contributed by atoms with Gasteiger partial charge < -0.3 is 10.2 Å². The highest BCUT2D eigenvalue weighted by Gasteiger charge is 2.33. The molecule has 32 heavy (non-hydrogen) atoms. The van der Waals surface area contributed by atoms with E-state index in [1.807, 2.05) is 20.9 Å². The van der Waals surface area contributed by atoms with Crippen LogP contribution in [0.2, 0.25) is 0 Å². The van der Waals surface area contributed by atoms with Crippen LogP contribution in [-0.4, -0.2) is 42.7 Å². The van der Waals surface area contributed by atoms with Gasteiger partial charge >= 0.3 is 6.03 Å². The normalized spacial score (nSPS) is 17.9. The van der Waals surface area contributed by atoms with Crippen LogP contribution >= 0.6 is 0 Å². The van der Waals surface area contributed by atoms with Gasteiger partial charge in [-0.25, -0.2) is 9.52 Å². The number of aromatic nitrogens is 2. The molecule has 1 aliphatic heterocycles. The molecular weight excluding hydrogens is 426 g/mol. The Morgan fingerprint density at radius 1 is 1.03 bits per heavy atom. The minimum Gasteiger partial charge on any atom is -0.307 e. The average Bonchev–Trinajstić information content (AvgIpc) is 3.44. The van der Waals surface area contributed by atoms with Crippen LogP contribution in [0.25, 0.3) is 0 Å². The first-order valence-corrected chi connectivity index (χ1v) is 13.0. The number of rotatable bonds is 4. The highest BCUT2D eigenvalue weighted by Crippen LogP contribution is 2.38. The van der Waals surface area contributed by atoms with Crippen LogP contribution in [0.4, 0.5) is 10.5 Å². The molecular formula is C23H31N5O3S. The van der Waals surface area contributed by atoms with Gasteiger partial charge in [-0.15, -0.1) is 0 Å². The number of urea groups is 1. The molecule has 5 rings (SSSR count). The van der Waals surface area contributed by atoms with Crippen molar-refractivity contribution < 1.29 is 13.2 Å². The summed E-state index contributed by atoms with van der Waals surface area (Å²) >= 11 is 0. The van der Waals surface area contributed by atoms with Crippen LogP contribution in [0, 0.1) is 0 Å². The maximum Gasteiger partial charge on any atom is 0.333 e.